The molecule has 0 unspecified atom stereocenters. The summed E-state index contributed by atoms with van der Waals surface area (Å²) in [5, 5.41) is 9.51. The lowest BCUT2D eigenvalue weighted by molar-refractivity contribution is 0.241. The summed E-state index contributed by atoms with van der Waals surface area (Å²) in [6.45, 7) is 4.08. The Balaban J connectivity index is 1.57. The van der Waals surface area contributed by atoms with Gasteiger partial charge in [-0.2, -0.15) is 5.10 Å². The van der Waals surface area contributed by atoms with Crippen molar-refractivity contribution in [1.29, 1.82) is 0 Å². The largest absolute Gasteiger partial charge is 0.345 e. The van der Waals surface area contributed by atoms with Gasteiger partial charge in [-0.05, 0) is 37.8 Å². The third kappa shape index (κ3) is 2.48. The first-order chi connectivity index (χ1) is 10.8. The molecule has 1 saturated heterocycles. The van der Waals surface area contributed by atoms with Crippen LogP contribution in [0.2, 0.25) is 0 Å². The smallest absolute Gasteiger partial charge is 0.123 e. The van der Waals surface area contributed by atoms with E-state index < -0.39 is 0 Å². The van der Waals surface area contributed by atoms with E-state index in [1.54, 1.807) is 11.3 Å². The average molecular weight is 313 g/mol. The second kappa shape index (κ2) is 5.70. The van der Waals surface area contributed by atoms with Gasteiger partial charge in [0.05, 0.1) is 22.8 Å². The fourth-order valence-corrected chi connectivity index (χ4v) is 3.97. The normalized spacial score (nSPS) is 19.0. The molecule has 0 aliphatic carbocycles. The number of nitrogens with zero attached hydrogens (tertiary/aromatic N) is 3. The molecule has 0 saturated carbocycles. The number of imidazole rings is 1. The van der Waals surface area contributed by atoms with Gasteiger partial charge < -0.3 is 4.98 Å². The van der Waals surface area contributed by atoms with E-state index in [-0.39, 0.29) is 0 Å². The van der Waals surface area contributed by atoms with Crippen molar-refractivity contribution in [3.05, 3.63) is 47.0 Å². The fourth-order valence-electron chi connectivity index (χ4n) is 3.21. The number of thiophene rings is 1. The molecule has 1 fully saturated rings. The van der Waals surface area contributed by atoms with Gasteiger partial charge >= 0.3 is 0 Å². The molecule has 22 heavy (non-hydrogen) atoms. The molecular formula is C16H19N5S. The molecule has 5 nitrogen and oxygen atoms in total. The zero-order chi connectivity index (χ0) is 14.9. The summed E-state index contributed by atoms with van der Waals surface area (Å²) in [6.07, 6.45) is 6.26. The topological polar surface area (TPSA) is 60.6 Å². The van der Waals surface area contributed by atoms with Gasteiger partial charge in [0, 0.05) is 24.0 Å². The minimum Gasteiger partial charge on any atom is -0.345 e. The van der Waals surface area contributed by atoms with Crippen LogP contribution in [-0.4, -0.2) is 31.6 Å². The molecule has 1 aliphatic heterocycles. The Bertz CT molecular complexity index is 742. The number of aryl methyl sites for hydroxylation is 1. The molecule has 6 heteroatoms. The van der Waals surface area contributed by atoms with Crippen molar-refractivity contribution in [2.24, 2.45) is 0 Å². The molecule has 0 amide bonds. The third-order valence-corrected chi connectivity index (χ3v) is 5.15. The summed E-state index contributed by atoms with van der Waals surface area (Å²) in [6, 6.07) is 4.60. The van der Waals surface area contributed by atoms with E-state index >= 15 is 0 Å². The van der Waals surface area contributed by atoms with Gasteiger partial charge in [-0.3, -0.25) is 10.00 Å². The van der Waals surface area contributed by atoms with Crippen molar-refractivity contribution < 1.29 is 0 Å². The van der Waals surface area contributed by atoms with Crippen LogP contribution < -0.4 is 0 Å². The Morgan fingerprint density at radius 1 is 1.41 bits per heavy atom. The van der Waals surface area contributed by atoms with Gasteiger partial charge in [0.25, 0.3) is 0 Å². The maximum absolute atomic E-state index is 4.53. The number of H-pyrrole nitrogens is 2. The van der Waals surface area contributed by atoms with E-state index in [1.165, 1.54) is 23.3 Å². The lowest BCUT2D eigenvalue weighted by Crippen LogP contribution is -2.23. The highest BCUT2D eigenvalue weighted by Crippen LogP contribution is 2.33. The molecule has 114 valence electrons. The minimum atomic E-state index is 0.389. The van der Waals surface area contributed by atoms with Crippen LogP contribution in [0.15, 0.2) is 29.9 Å². The second-order valence-electron chi connectivity index (χ2n) is 5.83. The van der Waals surface area contributed by atoms with Crippen LogP contribution in [0.5, 0.6) is 0 Å². The van der Waals surface area contributed by atoms with Gasteiger partial charge in [0.15, 0.2) is 0 Å². The van der Waals surface area contributed by atoms with Crippen molar-refractivity contribution in [1.82, 2.24) is 25.1 Å². The van der Waals surface area contributed by atoms with Crippen LogP contribution in [0, 0.1) is 6.92 Å². The Morgan fingerprint density at radius 2 is 2.36 bits per heavy atom. The van der Waals surface area contributed by atoms with E-state index in [2.05, 4.69) is 49.5 Å². The molecule has 2 N–H and O–H groups in total. The van der Waals surface area contributed by atoms with Crippen molar-refractivity contribution in [2.75, 3.05) is 6.54 Å². The monoisotopic (exact) mass is 313 g/mol. The number of aromatic amines is 2. The Kier molecular flexibility index (Phi) is 3.56. The summed E-state index contributed by atoms with van der Waals surface area (Å²) in [7, 11) is 0. The molecule has 0 spiro atoms. The van der Waals surface area contributed by atoms with Crippen molar-refractivity contribution in [2.45, 2.75) is 32.4 Å². The lowest BCUT2D eigenvalue weighted by Gasteiger charge is -2.22. The van der Waals surface area contributed by atoms with Gasteiger partial charge in [-0.25, -0.2) is 4.98 Å². The fraction of sp³-hybridized carbons (Fsp3) is 0.375. The zero-order valence-electron chi connectivity index (χ0n) is 12.5. The number of nitrogens with one attached hydrogen (secondary N) is 2. The maximum atomic E-state index is 4.53. The molecular weight excluding hydrogens is 294 g/mol. The predicted molar refractivity (Wildman–Crippen MR) is 87.6 cm³/mol. The summed E-state index contributed by atoms with van der Waals surface area (Å²) in [4.78, 5) is 11.7. The van der Waals surface area contributed by atoms with Gasteiger partial charge in [0.1, 0.15) is 5.82 Å². The van der Waals surface area contributed by atoms with Crippen molar-refractivity contribution >= 4 is 11.3 Å². The average Bonchev–Trinajstić information content (AvgIpc) is 3.25. The molecule has 3 aromatic rings. The van der Waals surface area contributed by atoms with Crippen molar-refractivity contribution in [3.8, 4) is 10.6 Å². The number of hydrogen-bond acceptors (Lipinski definition) is 4. The molecule has 1 aliphatic rings. The van der Waals surface area contributed by atoms with E-state index in [0.29, 0.717) is 6.04 Å². The van der Waals surface area contributed by atoms with Crippen LogP contribution in [0.1, 0.15) is 36.0 Å². The minimum absolute atomic E-state index is 0.389. The molecule has 0 aromatic carbocycles. The highest BCUT2D eigenvalue weighted by molar-refractivity contribution is 7.13. The number of likely N-dealkylation sites (tertiary alicyclic amines) is 1. The standard InChI is InChI=1S/C16H19N5S/c1-11-8-17-16(19-11)13-4-2-6-21(13)10-12-9-18-20-15(12)14-5-3-7-22-14/h3,5,7-9,13H,2,4,6,10H2,1H3,(H,17,19)(H,18,20)/t13-/m0/s1. The van der Waals surface area contributed by atoms with Crippen LogP contribution in [0.3, 0.4) is 0 Å². The highest BCUT2D eigenvalue weighted by Gasteiger charge is 2.29. The summed E-state index contributed by atoms with van der Waals surface area (Å²) in [5.74, 6) is 1.09. The number of rotatable bonds is 4. The van der Waals surface area contributed by atoms with Crippen molar-refractivity contribution in [3.63, 3.8) is 0 Å². The molecule has 4 rings (SSSR count). The first-order valence-electron chi connectivity index (χ1n) is 7.63. The van der Waals surface area contributed by atoms with E-state index in [0.717, 1.165) is 30.3 Å². The zero-order valence-corrected chi connectivity index (χ0v) is 13.4. The van der Waals surface area contributed by atoms with Gasteiger partial charge in [-0.15, -0.1) is 11.3 Å². The molecule has 0 radical (unpaired) electrons. The quantitative estimate of drug-likeness (QED) is 0.775. The van der Waals surface area contributed by atoms with Crippen LogP contribution in [-0.2, 0) is 6.54 Å². The Morgan fingerprint density at radius 3 is 3.14 bits per heavy atom. The predicted octanol–water partition coefficient (Wildman–Crippen LogP) is 3.51. The second-order valence-corrected chi connectivity index (χ2v) is 6.78. The molecule has 4 heterocycles. The number of hydrogen-bond donors (Lipinski definition) is 2. The third-order valence-electron chi connectivity index (χ3n) is 4.26. The SMILES string of the molecule is Cc1cnc([C@@H]2CCCN2Cc2cn[nH]c2-c2cccs2)[nH]1. The summed E-state index contributed by atoms with van der Waals surface area (Å²) in [5.41, 5.74) is 3.54. The van der Waals surface area contributed by atoms with E-state index in [1.807, 2.05) is 12.4 Å². The Hall–Kier alpha value is -1.92. The van der Waals surface area contributed by atoms with Crippen LogP contribution in [0.4, 0.5) is 0 Å². The van der Waals surface area contributed by atoms with Crippen LogP contribution >= 0.6 is 11.3 Å². The van der Waals surface area contributed by atoms with E-state index in [9.17, 15) is 0 Å². The molecule has 1 atom stereocenters. The first kappa shape index (κ1) is 13.7. The molecule has 3 aromatic heterocycles. The van der Waals surface area contributed by atoms with E-state index in [4.69, 9.17) is 0 Å². The number of aromatic nitrogens is 4. The highest BCUT2D eigenvalue weighted by atomic mass is 32.1. The Labute approximate surface area is 133 Å². The maximum Gasteiger partial charge on any atom is 0.123 e. The van der Waals surface area contributed by atoms with Gasteiger partial charge in [0.2, 0.25) is 0 Å². The summed E-state index contributed by atoms with van der Waals surface area (Å²) >= 11 is 1.74. The molecule has 0 bridgehead atoms. The van der Waals surface area contributed by atoms with Crippen LogP contribution in [0.25, 0.3) is 10.6 Å². The van der Waals surface area contributed by atoms with Gasteiger partial charge in [-0.1, -0.05) is 6.07 Å². The lowest BCUT2D eigenvalue weighted by atomic mass is 10.1. The first-order valence-corrected chi connectivity index (χ1v) is 8.51. The summed E-state index contributed by atoms with van der Waals surface area (Å²) < 4.78 is 0.